The zero-order chi connectivity index (χ0) is 44.8. The van der Waals surface area contributed by atoms with Crippen molar-refractivity contribution in [2.75, 3.05) is 66.9 Å². The van der Waals surface area contributed by atoms with Gasteiger partial charge in [-0.15, -0.1) is 0 Å². The van der Waals surface area contributed by atoms with Crippen LogP contribution in [0.15, 0.2) is 23.2 Å². The van der Waals surface area contributed by atoms with Crippen molar-refractivity contribution in [3.63, 3.8) is 0 Å². The lowest BCUT2D eigenvalue weighted by Crippen LogP contribution is -2.47. The van der Waals surface area contributed by atoms with Crippen molar-refractivity contribution in [1.82, 2.24) is 25.8 Å². The van der Waals surface area contributed by atoms with Crippen LogP contribution >= 0.6 is 0 Å². The molecule has 0 saturated heterocycles. The number of nitrogens with one attached hydrogen (secondary N) is 4. The van der Waals surface area contributed by atoms with E-state index < -0.39 is 23.4 Å². The van der Waals surface area contributed by atoms with Gasteiger partial charge >= 0.3 is 12.2 Å². The number of aliphatic imine (C=N–C) groups is 1. The number of carbonyl (C=O) groups is 6. The molecule has 1 aromatic rings. The van der Waals surface area contributed by atoms with Gasteiger partial charge in [-0.25, -0.2) is 9.59 Å². The van der Waals surface area contributed by atoms with Crippen LogP contribution < -0.4 is 21.3 Å². The van der Waals surface area contributed by atoms with Gasteiger partial charge in [-0.1, -0.05) is 13.8 Å². The number of amides is 4. The van der Waals surface area contributed by atoms with Crippen molar-refractivity contribution in [3.05, 3.63) is 29.3 Å². The van der Waals surface area contributed by atoms with E-state index in [-0.39, 0.29) is 36.5 Å². The summed E-state index contributed by atoms with van der Waals surface area (Å²) < 4.78 is 19.3. The fourth-order valence-corrected chi connectivity index (χ4v) is 3.96. The summed E-state index contributed by atoms with van der Waals surface area (Å²) in [6, 6.07) is 5.34. The summed E-state index contributed by atoms with van der Waals surface area (Å²) in [5.74, 6) is -0.367. The van der Waals surface area contributed by atoms with Gasteiger partial charge < -0.3 is 44.2 Å². The van der Waals surface area contributed by atoms with Crippen LogP contribution in [0, 0.1) is 0 Å². The number of aldehydes is 1. The Bertz CT molecular complexity index is 1340. The smallest absolute Gasteiger partial charge is 0.414 e. The minimum absolute atomic E-state index is 0.0423. The number of hydrogen-bond donors (Lipinski definition) is 4. The normalized spacial score (nSPS) is 10.5. The maximum absolute atomic E-state index is 13.3. The van der Waals surface area contributed by atoms with Crippen molar-refractivity contribution in [2.45, 2.75) is 119 Å². The van der Waals surface area contributed by atoms with E-state index in [1.807, 2.05) is 47.7 Å². The first-order valence-corrected chi connectivity index (χ1v) is 18.9. The lowest BCUT2D eigenvalue weighted by molar-refractivity contribution is -0.138. The highest BCUT2D eigenvalue weighted by Crippen LogP contribution is 2.21. The first kappa shape index (κ1) is 56.6. The van der Waals surface area contributed by atoms with E-state index in [1.54, 1.807) is 86.9 Å². The number of likely N-dealkylation sites (N-methyl/N-ethyl adjacent to an activating group) is 1. The molecule has 0 bridgehead atoms. The van der Waals surface area contributed by atoms with Gasteiger partial charge in [0.05, 0.1) is 6.54 Å². The van der Waals surface area contributed by atoms with Crippen LogP contribution in [0.5, 0.6) is 0 Å². The molecule has 0 aromatic heterocycles. The van der Waals surface area contributed by atoms with Crippen molar-refractivity contribution >= 4 is 48.4 Å². The highest BCUT2D eigenvalue weighted by atomic mass is 16.6. The summed E-state index contributed by atoms with van der Waals surface area (Å²) in [6.45, 7) is 21.8. The fraction of sp³-hybridized carbons (Fsp3) is 0.675. The van der Waals surface area contributed by atoms with Crippen LogP contribution in [0.4, 0.5) is 15.3 Å². The van der Waals surface area contributed by atoms with Gasteiger partial charge in [0, 0.05) is 72.0 Å². The van der Waals surface area contributed by atoms with E-state index in [0.29, 0.717) is 38.0 Å². The third kappa shape index (κ3) is 32.1. The lowest BCUT2D eigenvalue weighted by Gasteiger charge is -2.24. The van der Waals surface area contributed by atoms with Crippen LogP contribution in [-0.2, 0) is 39.9 Å². The van der Waals surface area contributed by atoms with Crippen molar-refractivity contribution in [1.29, 1.82) is 0 Å². The van der Waals surface area contributed by atoms with Crippen molar-refractivity contribution < 1.29 is 47.7 Å². The second kappa shape index (κ2) is 30.4. The average molecular weight is 812 g/mol. The van der Waals surface area contributed by atoms with Crippen LogP contribution in [0.2, 0.25) is 0 Å². The van der Waals surface area contributed by atoms with E-state index >= 15 is 0 Å². The zero-order valence-corrected chi connectivity index (χ0v) is 37.5. The van der Waals surface area contributed by atoms with Gasteiger partial charge in [0.15, 0.2) is 0 Å². The second-order valence-electron chi connectivity index (χ2n) is 15.3. The van der Waals surface area contributed by atoms with Gasteiger partial charge in [-0.3, -0.25) is 30.0 Å². The maximum atomic E-state index is 13.3. The minimum Gasteiger partial charge on any atom is -0.462 e. The molecule has 0 heterocycles. The monoisotopic (exact) mass is 812 g/mol. The molecule has 0 aliphatic rings. The number of benzene rings is 1. The third-order valence-corrected chi connectivity index (χ3v) is 6.35. The van der Waals surface area contributed by atoms with E-state index in [0.717, 1.165) is 30.5 Å². The molecule has 0 unspecified atom stereocenters. The topological polar surface area (TPSA) is 206 Å². The molecule has 328 valence electrons. The Morgan fingerprint density at radius 2 is 1.33 bits per heavy atom. The SMILES string of the molecule is CC(C)(C)OC=O.CCC(=O)N(CCCNC)Cc1cc(C(=O)N(C)CCN=C(NC(=O)OC(C)(C)C)NC(=O)OC(C)(C)C)ccc1NC.CCC=O.COC. The molecule has 0 atom stereocenters. The Morgan fingerprint density at radius 3 is 1.70 bits per heavy atom. The molecule has 0 saturated carbocycles. The minimum atomic E-state index is -0.801. The molecular formula is C40H73N7O10. The fourth-order valence-electron chi connectivity index (χ4n) is 3.96. The number of anilines is 1. The van der Waals surface area contributed by atoms with Gasteiger partial charge in [-0.05, 0) is 106 Å². The number of methoxy groups -OCH3 is 1. The van der Waals surface area contributed by atoms with Gasteiger partial charge in [0.25, 0.3) is 12.4 Å². The summed E-state index contributed by atoms with van der Waals surface area (Å²) in [5, 5.41) is 11.1. The summed E-state index contributed by atoms with van der Waals surface area (Å²) in [7, 11) is 8.56. The Hall–Kier alpha value is -4.77. The van der Waals surface area contributed by atoms with E-state index in [1.165, 1.54) is 4.90 Å². The Morgan fingerprint density at radius 1 is 0.825 bits per heavy atom. The van der Waals surface area contributed by atoms with Crippen LogP contribution in [-0.4, -0.2) is 131 Å². The number of carbonyl (C=O) groups excluding carboxylic acids is 6. The molecule has 4 N–H and O–H groups in total. The standard InChI is InChI=1S/C30H51N7O6.C5H10O2.C3H6O.C2H6O/c1-11-24(38)37(17-12-15-31-8)20-22-19-21(13-14-23(22)32-9)25(39)36(10)18-16-33-26(34-27(40)42-29(2,3)4)35-28(41)43-30(5,6)7;1-5(2,3)7-4-6;1-2-3-4;1-3-2/h13-14,19,31-32H,11-12,15-18,20H2,1-10H3,(H2,33,34,35,40,41);4H,1-3H3;3H,2H2,1H3;1-2H3. The molecular weight excluding hydrogens is 738 g/mol. The lowest BCUT2D eigenvalue weighted by atomic mass is 10.1. The molecule has 0 spiro atoms. The largest absolute Gasteiger partial charge is 0.462 e. The number of hydrogen-bond acceptors (Lipinski definition) is 13. The first-order chi connectivity index (χ1) is 26.4. The van der Waals surface area contributed by atoms with Crippen LogP contribution in [0.3, 0.4) is 0 Å². The molecule has 1 rings (SSSR count). The van der Waals surface area contributed by atoms with E-state index in [2.05, 4.69) is 35.7 Å². The summed E-state index contributed by atoms with van der Waals surface area (Å²) >= 11 is 0. The van der Waals surface area contributed by atoms with Crippen molar-refractivity contribution in [2.24, 2.45) is 4.99 Å². The molecule has 0 radical (unpaired) electrons. The Labute approximate surface area is 341 Å². The molecule has 57 heavy (non-hydrogen) atoms. The van der Waals surface area contributed by atoms with E-state index in [9.17, 15) is 28.8 Å². The second-order valence-corrected chi connectivity index (χ2v) is 15.3. The van der Waals surface area contributed by atoms with Gasteiger partial charge in [0.2, 0.25) is 11.9 Å². The summed E-state index contributed by atoms with van der Waals surface area (Å²) in [5.41, 5.74) is 0.278. The Balaban J connectivity index is -0.00000177. The molecule has 0 aliphatic heterocycles. The van der Waals surface area contributed by atoms with Crippen molar-refractivity contribution in [3.8, 4) is 0 Å². The molecule has 1 aromatic carbocycles. The Kier molecular flexibility index (Phi) is 30.1. The average Bonchev–Trinajstić information content (AvgIpc) is 3.09. The van der Waals surface area contributed by atoms with Gasteiger partial charge in [-0.2, -0.15) is 0 Å². The number of nitrogens with zero attached hydrogens (tertiary/aromatic N) is 3. The highest BCUT2D eigenvalue weighted by Gasteiger charge is 2.22. The summed E-state index contributed by atoms with van der Waals surface area (Å²) in [4.78, 5) is 76.9. The molecule has 0 aliphatic carbocycles. The van der Waals surface area contributed by atoms with E-state index in [4.69, 9.17) is 9.47 Å². The third-order valence-electron chi connectivity index (χ3n) is 6.35. The molecule has 4 amide bonds. The number of rotatable bonds is 14. The molecule has 17 heteroatoms. The summed E-state index contributed by atoms with van der Waals surface area (Å²) in [6.07, 6.45) is 1.12. The predicted molar refractivity (Wildman–Crippen MR) is 224 cm³/mol. The number of guanidine groups is 1. The zero-order valence-electron chi connectivity index (χ0n) is 37.5. The number of alkyl carbamates (subject to hydrolysis) is 2. The molecule has 17 nitrogen and oxygen atoms in total. The maximum Gasteiger partial charge on any atom is 0.414 e. The quantitative estimate of drug-likeness (QED) is 0.0616. The first-order valence-electron chi connectivity index (χ1n) is 18.9. The molecule has 0 fully saturated rings. The number of ether oxygens (including phenoxy) is 4. The highest BCUT2D eigenvalue weighted by molar-refractivity contribution is 6.01. The van der Waals surface area contributed by atoms with Crippen LogP contribution in [0.1, 0.15) is 111 Å². The predicted octanol–water partition coefficient (Wildman–Crippen LogP) is 5.37. The van der Waals surface area contributed by atoms with Gasteiger partial charge in [0.1, 0.15) is 23.1 Å². The van der Waals surface area contributed by atoms with Crippen LogP contribution in [0.25, 0.3) is 0 Å².